The second-order valence-corrected chi connectivity index (χ2v) is 4.60. The molecule has 1 fully saturated rings. The zero-order valence-corrected chi connectivity index (χ0v) is 10.5. The molecule has 1 saturated heterocycles. The molecule has 6 nitrogen and oxygen atoms in total. The Morgan fingerprint density at radius 1 is 1.39 bits per heavy atom. The summed E-state index contributed by atoms with van der Waals surface area (Å²) in [5.41, 5.74) is 1.21. The maximum absolute atomic E-state index is 5.83. The number of hydrogen-bond donors (Lipinski definition) is 1. The number of imidazole rings is 1. The van der Waals surface area contributed by atoms with E-state index in [9.17, 15) is 0 Å². The van der Waals surface area contributed by atoms with Gasteiger partial charge in [-0.2, -0.15) is 9.97 Å². The molecule has 1 aliphatic heterocycles. The highest BCUT2D eigenvalue weighted by molar-refractivity contribution is 6.28. The molecule has 0 spiro atoms. The minimum atomic E-state index is 0.150. The smallest absolute Gasteiger partial charge is 0.244 e. The van der Waals surface area contributed by atoms with E-state index >= 15 is 0 Å². The second kappa shape index (κ2) is 5.07. The molecule has 0 unspecified atom stereocenters. The summed E-state index contributed by atoms with van der Waals surface area (Å²) >= 11 is 5.83. The molecule has 0 saturated carbocycles. The topological polar surface area (TPSA) is 72.9 Å². The summed E-state index contributed by atoms with van der Waals surface area (Å²) in [5, 5.41) is 0.150. The van der Waals surface area contributed by atoms with Crippen LogP contribution < -0.4 is 4.74 Å². The van der Waals surface area contributed by atoms with E-state index in [1.165, 1.54) is 0 Å². The molecular formula is C11H13ClN4O2. The molecule has 2 aromatic heterocycles. The van der Waals surface area contributed by atoms with Crippen molar-refractivity contribution in [2.24, 2.45) is 5.92 Å². The molecule has 3 heterocycles. The van der Waals surface area contributed by atoms with Crippen LogP contribution in [-0.2, 0) is 4.74 Å². The molecule has 7 heteroatoms. The number of ether oxygens (including phenoxy) is 2. The molecule has 1 N–H and O–H groups in total. The first kappa shape index (κ1) is 11.7. The van der Waals surface area contributed by atoms with Gasteiger partial charge < -0.3 is 14.5 Å². The molecule has 0 aliphatic carbocycles. The number of rotatable bonds is 3. The van der Waals surface area contributed by atoms with E-state index in [2.05, 4.69) is 19.9 Å². The molecule has 0 radical (unpaired) electrons. The van der Waals surface area contributed by atoms with Gasteiger partial charge in [0.25, 0.3) is 0 Å². The Balaban J connectivity index is 1.75. The number of nitrogens with zero attached hydrogens (tertiary/aromatic N) is 3. The van der Waals surface area contributed by atoms with Gasteiger partial charge in [0.2, 0.25) is 11.2 Å². The van der Waals surface area contributed by atoms with Crippen molar-refractivity contribution in [1.29, 1.82) is 0 Å². The van der Waals surface area contributed by atoms with Crippen LogP contribution >= 0.6 is 11.6 Å². The van der Waals surface area contributed by atoms with E-state index in [-0.39, 0.29) is 5.28 Å². The maximum atomic E-state index is 5.83. The van der Waals surface area contributed by atoms with Gasteiger partial charge in [-0.25, -0.2) is 4.98 Å². The summed E-state index contributed by atoms with van der Waals surface area (Å²) in [4.78, 5) is 15.1. The third-order valence-corrected chi connectivity index (χ3v) is 3.19. The van der Waals surface area contributed by atoms with Crippen LogP contribution in [-0.4, -0.2) is 39.8 Å². The van der Waals surface area contributed by atoms with Gasteiger partial charge in [-0.3, -0.25) is 0 Å². The lowest BCUT2D eigenvalue weighted by molar-refractivity contribution is 0.0492. The predicted molar refractivity (Wildman–Crippen MR) is 65.7 cm³/mol. The van der Waals surface area contributed by atoms with Crippen LogP contribution in [0.4, 0.5) is 0 Å². The van der Waals surface area contributed by atoms with E-state index < -0.39 is 0 Å². The molecule has 96 valence electrons. The monoisotopic (exact) mass is 268 g/mol. The summed E-state index contributed by atoms with van der Waals surface area (Å²) in [5.74, 6) is 0.972. The zero-order valence-electron chi connectivity index (χ0n) is 9.73. The Morgan fingerprint density at radius 2 is 2.22 bits per heavy atom. The van der Waals surface area contributed by atoms with E-state index in [1.807, 2.05) is 0 Å². The number of aromatic nitrogens is 4. The molecule has 3 rings (SSSR count). The lowest BCUT2D eigenvalue weighted by Gasteiger charge is -2.21. The maximum Gasteiger partial charge on any atom is 0.244 e. The van der Waals surface area contributed by atoms with Gasteiger partial charge in [-0.1, -0.05) is 0 Å². The highest BCUT2D eigenvalue weighted by atomic mass is 35.5. The second-order valence-electron chi connectivity index (χ2n) is 4.27. The molecule has 1 aliphatic rings. The van der Waals surface area contributed by atoms with E-state index in [4.69, 9.17) is 21.1 Å². The number of aromatic amines is 1. The minimum Gasteiger partial charge on any atom is -0.476 e. The number of H-pyrrole nitrogens is 1. The number of hydrogen-bond acceptors (Lipinski definition) is 5. The fourth-order valence-corrected chi connectivity index (χ4v) is 2.15. The SMILES string of the molecule is Clc1nc(OCC2CCOCC2)c2[nH]cnc2n1. The molecule has 0 atom stereocenters. The third-order valence-electron chi connectivity index (χ3n) is 3.02. The van der Waals surface area contributed by atoms with Gasteiger partial charge in [0, 0.05) is 13.2 Å². The van der Waals surface area contributed by atoms with E-state index in [0.29, 0.717) is 29.6 Å². The number of nitrogens with one attached hydrogen (secondary N) is 1. The van der Waals surface area contributed by atoms with Crippen molar-refractivity contribution in [3.8, 4) is 5.88 Å². The Morgan fingerprint density at radius 3 is 3.06 bits per heavy atom. The molecule has 18 heavy (non-hydrogen) atoms. The Hall–Kier alpha value is -1.40. The highest BCUT2D eigenvalue weighted by Crippen LogP contribution is 2.23. The van der Waals surface area contributed by atoms with Gasteiger partial charge in [0.15, 0.2) is 5.65 Å². The van der Waals surface area contributed by atoms with Crippen LogP contribution in [0.1, 0.15) is 12.8 Å². The first-order chi connectivity index (χ1) is 8.83. The largest absolute Gasteiger partial charge is 0.476 e. The van der Waals surface area contributed by atoms with Crippen LogP contribution in [0.2, 0.25) is 5.28 Å². The van der Waals surface area contributed by atoms with Gasteiger partial charge in [0.05, 0.1) is 12.9 Å². The van der Waals surface area contributed by atoms with E-state index in [0.717, 1.165) is 26.1 Å². The fourth-order valence-electron chi connectivity index (χ4n) is 2.00. The highest BCUT2D eigenvalue weighted by Gasteiger charge is 2.16. The average molecular weight is 269 g/mol. The molecule has 0 amide bonds. The third kappa shape index (κ3) is 2.39. The standard InChI is InChI=1S/C11H13ClN4O2/c12-11-15-9-8(13-6-14-9)10(16-11)18-5-7-1-3-17-4-2-7/h6-7H,1-5H2,(H,13,14,15,16). The normalized spacial score (nSPS) is 17.2. The molecule has 0 bridgehead atoms. The molecular weight excluding hydrogens is 256 g/mol. The van der Waals surface area contributed by atoms with Crippen molar-refractivity contribution in [1.82, 2.24) is 19.9 Å². The van der Waals surface area contributed by atoms with Crippen molar-refractivity contribution in [2.45, 2.75) is 12.8 Å². The first-order valence-corrected chi connectivity index (χ1v) is 6.28. The van der Waals surface area contributed by atoms with E-state index in [1.54, 1.807) is 6.33 Å². The lowest BCUT2D eigenvalue weighted by atomic mass is 10.0. The quantitative estimate of drug-likeness (QED) is 0.860. The van der Waals surface area contributed by atoms with Crippen molar-refractivity contribution in [3.63, 3.8) is 0 Å². The van der Waals surface area contributed by atoms with Gasteiger partial charge in [0.1, 0.15) is 5.52 Å². The summed E-state index contributed by atoms with van der Waals surface area (Å²) in [6.07, 6.45) is 3.59. The zero-order chi connectivity index (χ0) is 12.4. The Bertz CT molecular complexity index is 539. The summed E-state index contributed by atoms with van der Waals surface area (Å²) in [6, 6.07) is 0. The van der Waals surface area contributed by atoms with Gasteiger partial charge in [-0.05, 0) is 30.4 Å². The fraction of sp³-hybridized carbons (Fsp3) is 0.545. The van der Waals surface area contributed by atoms with Crippen molar-refractivity contribution in [3.05, 3.63) is 11.6 Å². The summed E-state index contributed by atoms with van der Waals surface area (Å²) in [7, 11) is 0. The number of fused-ring (bicyclic) bond motifs is 1. The van der Waals surface area contributed by atoms with Gasteiger partial charge >= 0.3 is 0 Å². The average Bonchev–Trinajstić information content (AvgIpc) is 2.85. The lowest BCUT2D eigenvalue weighted by Crippen LogP contribution is -2.21. The van der Waals surface area contributed by atoms with Crippen molar-refractivity contribution in [2.75, 3.05) is 19.8 Å². The Labute approximate surface area is 109 Å². The van der Waals surface area contributed by atoms with Crippen LogP contribution in [0.25, 0.3) is 11.2 Å². The molecule has 2 aromatic rings. The van der Waals surface area contributed by atoms with Crippen LogP contribution in [0.3, 0.4) is 0 Å². The van der Waals surface area contributed by atoms with Crippen LogP contribution in [0, 0.1) is 5.92 Å². The van der Waals surface area contributed by atoms with Crippen molar-refractivity contribution < 1.29 is 9.47 Å². The first-order valence-electron chi connectivity index (χ1n) is 5.90. The number of halogens is 1. The van der Waals surface area contributed by atoms with Crippen molar-refractivity contribution >= 4 is 22.8 Å². The van der Waals surface area contributed by atoms with Crippen LogP contribution in [0.5, 0.6) is 5.88 Å². The van der Waals surface area contributed by atoms with Crippen LogP contribution in [0.15, 0.2) is 6.33 Å². The predicted octanol–water partition coefficient (Wildman–Crippen LogP) is 1.81. The van der Waals surface area contributed by atoms with Gasteiger partial charge in [-0.15, -0.1) is 0 Å². The minimum absolute atomic E-state index is 0.150. The Kier molecular flexibility index (Phi) is 3.29. The summed E-state index contributed by atoms with van der Waals surface area (Å²) in [6.45, 7) is 2.22. The summed E-state index contributed by atoms with van der Waals surface area (Å²) < 4.78 is 11.0. The molecule has 0 aromatic carbocycles.